The zero-order chi connectivity index (χ0) is 19.5. The molecule has 2 N–H and O–H groups in total. The van der Waals surface area contributed by atoms with Gasteiger partial charge in [0.05, 0.1) is 31.4 Å². The quantitative estimate of drug-likeness (QED) is 0.824. The van der Waals surface area contributed by atoms with E-state index in [9.17, 15) is 9.59 Å². The largest absolute Gasteiger partial charge is 0.477 e. The standard InChI is InChI=1S/C22H25N3O3/c1-16(26)25-15-21(28-20-10-6-5-9-19(20)25)22(27)23-18-11-12-24(14-18)13-17-7-3-2-4-8-17/h2-10,18,21H,11-15H2,1H3,(H,23,27)/p+1/t18-,21-/m1/s1. The first-order chi connectivity index (χ1) is 13.6. The molecule has 146 valence electrons. The normalized spacial score (nSPS) is 23.6. The minimum atomic E-state index is -0.683. The minimum Gasteiger partial charge on any atom is -0.477 e. The van der Waals surface area contributed by atoms with Crippen LogP contribution >= 0.6 is 0 Å². The van der Waals surface area contributed by atoms with Gasteiger partial charge in [0, 0.05) is 18.9 Å². The Morgan fingerprint density at radius 1 is 1.14 bits per heavy atom. The highest BCUT2D eigenvalue weighted by Crippen LogP contribution is 2.33. The van der Waals surface area contributed by atoms with E-state index < -0.39 is 6.10 Å². The first-order valence-corrected chi connectivity index (χ1v) is 9.82. The number of ether oxygens (including phenoxy) is 1. The molecule has 1 saturated heterocycles. The summed E-state index contributed by atoms with van der Waals surface area (Å²) in [5.41, 5.74) is 2.03. The molecule has 2 aromatic carbocycles. The Kier molecular flexibility index (Phi) is 5.30. The summed E-state index contributed by atoms with van der Waals surface area (Å²) in [5.74, 6) is 0.339. The Morgan fingerprint density at radius 2 is 1.89 bits per heavy atom. The highest BCUT2D eigenvalue weighted by molar-refractivity contribution is 5.95. The molecule has 6 heteroatoms. The molecule has 6 nitrogen and oxygen atoms in total. The van der Waals surface area contributed by atoms with Gasteiger partial charge in [0.2, 0.25) is 5.91 Å². The molecule has 0 saturated carbocycles. The molecule has 2 amide bonds. The van der Waals surface area contributed by atoms with Crippen LogP contribution in [0.2, 0.25) is 0 Å². The number of amides is 2. The number of likely N-dealkylation sites (tertiary alicyclic amines) is 1. The zero-order valence-corrected chi connectivity index (χ0v) is 16.1. The fraction of sp³-hybridized carbons (Fsp3) is 0.364. The number of hydrogen-bond acceptors (Lipinski definition) is 3. The van der Waals surface area contributed by atoms with Crippen molar-refractivity contribution in [3.8, 4) is 5.75 Å². The van der Waals surface area contributed by atoms with Crippen LogP contribution in [0.1, 0.15) is 18.9 Å². The van der Waals surface area contributed by atoms with Crippen molar-refractivity contribution >= 4 is 17.5 Å². The molecule has 1 unspecified atom stereocenters. The van der Waals surface area contributed by atoms with Crippen molar-refractivity contribution in [1.82, 2.24) is 5.32 Å². The molecule has 0 spiro atoms. The van der Waals surface area contributed by atoms with Crippen LogP contribution in [0.25, 0.3) is 0 Å². The smallest absolute Gasteiger partial charge is 0.263 e. The number of nitrogens with zero attached hydrogens (tertiary/aromatic N) is 1. The number of anilines is 1. The van der Waals surface area contributed by atoms with E-state index in [-0.39, 0.29) is 24.4 Å². The van der Waals surface area contributed by atoms with Crippen LogP contribution in [0, 0.1) is 0 Å². The Labute approximate surface area is 165 Å². The average Bonchev–Trinajstić information content (AvgIpc) is 3.14. The minimum absolute atomic E-state index is 0.0899. The molecule has 2 aliphatic rings. The van der Waals surface area contributed by atoms with Gasteiger partial charge in [-0.25, -0.2) is 0 Å². The first-order valence-electron chi connectivity index (χ1n) is 9.82. The van der Waals surface area contributed by atoms with Crippen molar-refractivity contribution in [3.05, 3.63) is 60.2 Å². The van der Waals surface area contributed by atoms with E-state index in [2.05, 4.69) is 29.6 Å². The molecule has 2 aliphatic heterocycles. The van der Waals surface area contributed by atoms with Crippen molar-refractivity contribution in [3.63, 3.8) is 0 Å². The lowest BCUT2D eigenvalue weighted by molar-refractivity contribution is -0.901. The van der Waals surface area contributed by atoms with Crippen LogP contribution in [0.3, 0.4) is 0 Å². The summed E-state index contributed by atoms with van der Waals surface area (Å²) in [6, 6.07) is 17.9. The number of quaternary nitrogens is 1. The molecule has 0 aromatic heterocycles. The Morgan fingerprint density at radius 3 is 2.68 bits per heavy atom. The van der Waals surface area contributed by atoms with Crippen LogP contribution in [0.5, 0.6) is 5.75 Å². The zero-order valence-electron chi connectivity index (χ0n) is 16.1. The highest BCUT2D eigenvalue weighted by Gasteiger charge is 2.35. The van der Waals surface area contributed by atoms with Gasteiger partial charge in [-0.15, -0.1) is 0 Å². The molecule has 0 bridgehead atoms. The van der Waals surface area contributed by atoms with Crippen LogP contribution in [-0.2, 0) is 16.1 Å². The lowest BCUT2D eigenvalue weighted by Crippen LogP contribution is -3.09. The van der Waals surface area contributed by atoms with Crippen LogP contribution in [0.15, 0.2) is 54.6 Å². The Balaban J connectivity index is 1.36. The van der Waals surface area contributed by atoms with E-state index in [1.54, 1.807) is 11.0 Å². The molecule has 2 heterocycles. The van der Waals surface area contributed by atoms with Gasteiger partial charge >= 0.3 is 0 Å². The molecular formula is C22H26N3O3+. The second-order valence-electron chi connectivity index (χ2n) is 7.56. The van der Waals surface area contributed by atoms with E-state index in [1.807, 2.05) is 24.3 Å². The van der Waals surface area contributed by atoms with Crippen molar-refractivity contribution in [2.45, 2.75) is 32.0 Å². The van der Waals surface area contributed by atoms with Crippen molar-refractivity contribution in [2.75, 3.05) is 24.5 Å². The molecule has 28 heavy (non-hydrogen) atoms. The molecule has 2 aromatic rings. The Hall–Kier alpha value is -2.86. The molecule has 0 radical (unpaired) electrons. The third-order valence-electron chi connectivity index (χ3n) is 5.47. The van der Waals surface area contributed by atoms with Crippen molar-refractivity contribution < 1.29 is 19.2 Å². The number of hydrogen-bond donors (Lipinski definition) is 2. The van der Waals surface area contributed by atoms with Crippen molar-refractivity contribution in [2.24, 2.45) is 0 Å². The van der Waals surface area contributed by atoms with Crippen LogP contribution < -0.4 is 19.9 Å². The van der Waals surface area contributed by atoms with Crippen molar-refractivity contribution in [1.29, 1.82) is 0 Å². The SMILES string of the molecule is CC(=O)N1C[C@H](C(=O)N[C@@H]2CC[NH+](Cc3ccccc3)C2)Oc2ccccc21. The number of fused-ring (bicyclic) bond motifs is 1. The van der Waals surface area contributed by atoms with E-state index in [0.717, 1.165) is 31.7 Å². The second-order valence-corrected chi connectivity index (χ2v) is 7.56. The summed E-state index contributed by atoms with van der Waals surface area (Å²) in [4.78, 5) is 27.9. The molecule has 0 aliphatic carbocycles. The monoisotopic (exact) mass is 380 g/mol. The average molecular weight is 380 g/mol. The maximum absolute atomic E-state index is 12.8. The van der Waals surface area contributed by atoms with E-state index >= 15 is 0 Å². The van der Waals surface area contributed by atoms with Gasteiger partial charge in [-0.1, -0.05) is 42.5 Å². The van der Waals surface area contributed by atoms with Crippen LogP contribution in [0.4, 0.5) is 5.69 Å². The summed E-state index contributed by atoms with van der Waals surface area (Å²) in [5, 5.41) is 3.13. The first kappa shape index (κ1) is 18.5. The molecular weight excluding hydrogens is 354 g/mol. The fourth-order valence-electron chi connectivity index (χ4n) is 4.06. The van der Waals surface area contributed by atoms with Crippen LogP contribution in [-0.4, -0.2) is 43.6 Å². The van der Waals surface area contributed by atoms with Gasteiger partial charge in [-0.2, -0.15) is 0 Å². The maximum atomic E-state index is 12.8. The van der Waals surface area contributed by atoms with E-state index in [0.29, 0.717) is 5.75 Å². The summed E-state index contributed by atoms with van der Waals surface area (Å²) >= 11 is 0. The summed E-state index contributed by atoms with van der Waals surface area (Å²) in [7, 11) is 0. The number of benzene rings is 2. The van der Waals surface area contributed by atoms with Gasteiger partial charge < -0.3 is 19.9 Å². The lowest BCUT2D eigenvalue weighted by Gasteiger charge is -2.33. The van der Waals surface area contributed by atoms with Gasteiger partial charge in [0.15, 0.2) is 6.10 Å². The molecule has 3 atom stereocenters. The van der Waals surface area contributed by atoms with Gasteiger partial charge in [0.25, 0.3) is 5.91 Å². The summed E-state index contributed by atoms with van der Waals surface area (Å²) < 4.78 is 5.89. The second kappa shape index (κ2) is 8.02. The number of carbonyl (C=O) groups excluding carboxylic acids is 2. The van der Waals surface area contributed by atoms with E-state index in [1.165, 1.54) is 17.4 Å². The van der Waals surface area contributed by atoms with Gasteiger partial charge in [-0.3, -0.25) is 9.59 Å². The number of nitrogens with one attached hydrogen (secondary N) is 2. The number of rotatable bonds is 4. The lowest BCUT2D eigenvalue weighted by atomic mass is 10.1. The van der Waals surface area contributed by atoms with Gasteiger partial charge in [0.1, 0.15) is 12.3 Å². The topological polar surface area (TPSA) is 63.1 Å². The number of para-hydroxylation sites is 2. The predicted molar refractivity (Wildman–Crippen MR) is 106 cm³/mol. The van der Waals surface area contributed by atoms with E-state index in [4.69, 9.17) is 4.74 Å². The summed E-state index contributed by atoms with van der Waals surface area (Å²) in [6.07, 6.45) is 0.269. The maximum Gasteiger partial charge on any atom is 0.263 e. The Bertz CT molecular complexity index is 855. The number of carbonyl (C=O) groups is 2. The van der Waals surface area contributed by atoms with Gasteiger partial charge in [-0.05, 0) is 12.1 Å². The summed E-state index contributed by atoms with van der Waals surface area (Å²) in [6.45, 7) is 4.66. The fourth-order valence-corrected chi connectivity index (χ4v) is 4.06. The molecule has 4 rings (SSSR count). The predicted octanol–water partition coefficient (Wildman–Crippen LogP) is 0.774. The third kappa shape index (κ3) is 4.02. The third-order valence-corrected chi connectivity index (χ3v) is 5.47. The molecule has 1 fully saturated rings. The highest BCUT2D eigenvalue weighted by atomic mass is 16.5.